The van der Waals surface area contributed by atoms with E-state index in [0.717, 1.165) is 18.8 Å². The number of carboxylic acid groups (broad SMARTS) is 1. The van der Waals surface area contributed by atoms with Gasteiger partial charge in [0.25, 0.3) is 0 Å². The first-order chi connectivity index (χ1) is 16.0. The molecule has 0 saturated carbocycles. The third-order valence-electron chi connectivity index (χ3n) is 6.72. The van der Waals surface area contributed by atoms with Crippen LogP contribution in [0.1, 0.15) is 142 Å². The summed E-state index contributed by atoms with van der Waals surface area (Å²) in [5.74, 6) is 0.102. The van der Waals surface area contributed by atoms with E-state index < -0.39 is 18.2 Å². The number of aliphatic hydroxyl groups is 2. The molecule has 0 fully saturated rings. The van der Waals surface area contributed by atoms with Crippen molar-refractivity contribution in [2.45, 2.75) is 154 Å². The zero-order valence-corrected chi connectivity index (χ0v) is 21.9. The van der Waals surface area contributed by atoms with Crippen LogP contribution in [0.3, 0.4) is 0 Å². The molecule has 0 aromatic heterocycles. The first kappa shape index (κ1) is 32.4. The molecule has 0 radical (unpaired) electrons. The normalized spacial score (nSPS) is 14.3. The second-order valence-electron chi connectivity index (χ2n) is 10.1. The Morgan fingerprint density at radius 2 is 1.21 bits per heavy atom. The monoisotopic (exact) mass is 472 g/mol. The van der Waals surface area contributed by atoms with E-state index in [1.807, 2.05) is 0 Å². The molecule has 0 aliphatic heterocycles. The lowest BCUT2D eigenvalue weighted by molar-refractivity contribution is -0.137. The van der Waals surface area contributed by atoms with Crippen molar-refractivity contribution in [3.8, 4) is 0 Å². The van der Waals surface area contributed by atoms with E-state index in [1.54, 1.807) is 0 Å². The number of ether oxygens (including phenoxy) is 1. The Balaban J connectivity index is 3.44. The Bertz CT molecular complexity index is 415. The van der Waals surface area contributed by atoms with Gasteiger partial charge >= 0.3 is 5.97 Å². The Kier molecular flexibility index (Phi) is 24.0. The van der Waals surface area contributed by atoms with Crippen molar-refractivity contribution in [2.24, 2.45) is 5.92 Å². The number of hydrogen-bond acceptors (Lipinski definition) is 4. The van der Waals surface area contributed by atoms with Gasteiger partial charge in [0.15, 0.2) is 0 Å². The van der Waals surface area contributed by atoms with Crippen LogP contribution in [0.15, 0.2) is 0 Å². The Morgan fingerprint density at radius 1 is 0.727 bits per heavy atom. The van der Waals surface area contributed by atoms with Crippen LogP contribution < -0.4 is 0 Å². The third-order valence-corrected chi connectivity index (χ3v) is 6.72. The highest BCUT2D eigenvalue weighted by molar-refractivity contribution is 5.66. The number of aliphatic carboxylic acids is 1. The second kappa shape index (κ2) is 24.5. The van der Waals surface area contributed by atoms with Crippen molar-refractivity contribution >= 4 is 5.97 Å². The maximum atomic E-state index is 10.5. The summed E-state index contributed by atoms with van der Waals surface area (Å²) in [4.78, 5) is 10.5. The van der Waals surface area contributed by atoms with Gasteiger partial charge in [-0.1, -0.05) is 117 Å². The summed E-state index contributed by atoms with van der Waals surface area (Å²) in [6, 6.07) is 0. The van der Waals surface area contributed by atoms with E-state index in [9.17, 15) is 15.0 Å². The average Bonchev–Trinajstić information content (AvgIpc) is 2.79. The maximum absolute atomic E-state index is 10.5. The molecule has 0 heterocycles. The quantitative estimate of drug-likeness (QED) is 0.115. The number of carboxylic acids is 1. The van der Waals surface area contributed by atoms with Crippen molar-refractivity contribution in [2.75, 3.05) is 13.2 Å². The molecular weight excluding hydrogens is 416 g/mol. The minimum Gasteiger partial charge on any atom is -0.481 e. The van der Waals surface area contributed by atoms with Gasteiger partial charge in [0.2, 0.25) is 0 Å². The van der Waals surface area contributed by atoms with Crippen LogP contribution in [0.2, 0.25) is 0 Å². The molecule has 33 heavy (non-hydrogen) atoms. The summed E-state index contributed by atoms with van der Waals surface area (Å²) in [5, 5.41) is 28.3. The number of unbranched alkanes of at least 4 members (excludes halogenated alkanes) is 13. The molecule has 2 unspecified atom stereocenters. The molecule has 5 heteroatoms. The van der Waals surface area contributed by atoms with Gasteiger partial charge in [0, 0.05) is 13.0 Å². The molecule has 0 aromatic rings. The number of rotatable bonds is 26. The van der Waals surface area contributed by atoms with Crippen LogP contribution in [0, 0.1) is 5.92 Å². The lowest BCUT2D eigenvalue weighted by Gasteiger charge is -2.21. The van der Waals surface area contributed by atoms with Crippen molar-refractivity contribution < 1.29 is 24.9 Å². The summed E-state index contributed by atoms with van der Waals surface area (Å²) >= 11 is 0. The summed E-state index contributed by atoms with van der Waals surface area (Å²) in [6.07, 6.45) is 21.9. The van der Waals surface area contributed by atoms with Gasteiger partial charge in [0.05, 0.1) is 12.7 Å². The molecule has 3 atom stereocenters. The maximum Gasteiger partial charge on any atom is 0.303 e. The lowest BCUT2D eigenvalue weighted by Crippen LogP contribution is -2.32. The van der Waals surface area contributed by atoms with E-state index in [0.29, 0.717) is 25.9 Å². The molecule has 0 bridgehead atoms. The highest BCUT2D eigenvalue weighted by Gasteiger charge is 2.18. The first-order valence-electron chi connectivity index (χ1n) is 14.1. The van der Waals surface area contributed by atoms with Gasteiger partial charge in [-0.05, 0) is 25.2 Å². The van der Waals surface area contributed by atoms with Gasteiger partial charge < -0.3 is 20.1 Å². The summed E-state index contributed by atoms with van der Waals surface area (Å²) < 4.78 is 5.53. The Morgan fingerprint density at radius 3 is 1.70 bits per heavy atom. The van der Waals surface area contributed by atoms with Crippen molar-refractivity contribution in [3.05, 3.63) is 0 Å². The molecule has 0 rings (SSSR count). The predicted molar refractivity (Wildman–Crippen MR) is 138 cm³/mol. The topological polar surface area (TPSA) is 87.0 Å². The van der Waals surface area contributed by atoms with E-state index in [4.69, 9.17) is 9.84 Å². The van der Waals surface area contributed by atoms with E-state index in [1.165, 1.54) is 89.9 Å². The fourth-order valence-corrected chi connectivity index (χ4v) is 4.41. The van der Waals surface area contributed by atoms with Gasteiger partial charge in [-0.2, -0.15) is 0 Å². The predicted octanol–water partition coefficient (Wildman–Crippen LogP) is 7.27. The Hall–Kier alpha value is -0.650. The first-order valence-corrected chi connectivity index (χ1v) is 14.1. The third kappa shape index (κ3) is 22.9. The van der Waals surface area contributed by atoms with Crippen molar-refractivity contribution in [3.63, 3.8) is 0 Å². The molecular formula is C28H56O5. The molecule has 0 aliphatic rings. The smallest absolute Gasteiger partial charge is 0.303 e. The van der Waals surface area contributed by atoms with Gasteiger partial charge in [0.1, 0.15) is 6.10 Å². The minimum atomic E-state index is -0.804. The molecule has 0 aromatic carbocycles. The van der Waals surface area contributed by atoms with Crippen LogP contribution >= 0.6 is 0 Å². The van der Waals surface area contributed by atoms with Crippen LogP contribution in [-0.2, 0) is 9.53 Å². The van der Waals surface area contributed by atoms with E-state index in [2.05, 4.69) is 13.8 Å². The molecule has 0 spiro atoms. The number of hydrogen-bond donors (Lipinski definition) is 3. The molecule has 0 amide bonds. The summed E-state index contributed by atoms with van der Waals surface area (Å²) in [5.41, 5.74) is 0. The average molecular weight is 473 g/mol. The standard InChI is InChI=1S/C28H56O5/c1-3-4-5-14-19-25(2)20-15-12-10-8-6-7-9-11-13-16-21-26(30)27(24-29)33-23-18-17-22-28(31)32/h25-27,29-30H,3-24H2,1-2H3,(H,31,32)/t25-,26?,27?/m0/s1. The number of carbonyl (C=O) groups is 1. The second-order valence-corrected chi connectivity index (χ2v) is 10.1. The van der Waals surface area contributed by atoms with Gasteiger partial charge in [-0.15, -0.1) is 0 Å². The zero-order valence-electron chi connectivity index (χ0n) is 21.9. The van der Waals surface area contributed by atoms with E-state index >= 15 is 0 Å². The number of aliphatic hydroxyl groups excluding tert-OH is 2. The largest absolute Gasteiger partial charge is 0.481 e. The van der Waals surface area contributed by atoms with Crippen LogP contribution in [0.5, 0.6) is 0 Å². The molecule has 0 aliphatic carbocycles. The lowest BCUT2D eigenvalue weighted by atomic mass is 9.96. The molecule has 198 valence electrons. The summed E-state index contributed by atoms with van der Waals surface area (Å²) in [6.45, 7) is 4.89. The van der Waals surface area contributed by atoms with Crippen LogP contribution in [-0.4, -0.2) is 46.7 Å². The minimum absolute atomic E-state index is 0.133. The fourth-order valence-electron chi connectivity index (χ4n) is 4.41. The van der Waals surface area contributed by atoms with Gasteiger partial charge in [-0.3, -0.25) is 4.79 Å². The van der Waals surface area contributed by atoms with Crippen molar-refractivity contribution in [1.82, 2.24) is 0 Å². The fraction of sp³-hybridized carbons (Fsp3) is 0.964. The highest BCUT2D eigenvalue weighted by Crippen LogP contribution is 2.18. The SMILES string of the molecule is CCCCCC[C@H](C)CCCCCCCCCCCCC(O)C(CO)OCCCCC(=O)O. The Labute approximate surface area is 204 Å². The van der Waals surface area contributed by atoms with E-state index in [-0.39, 0.29) is 13.0 Å². The van der Waals surface area contributed by atoms with Crippen molar-refractivity contribution in [1.29, 1.82) is 0 Å². The highest BCUT2D eigenvalue weighted by atomic mass is 16.5. The van der Waals surface area contributed by atoms with Crippen LogP contribution in [0.4, 0.5) is 0 Å². The molecule has 0 saturated heterocycles. The molecule has 5 nitrogen and oxygen atoms in total. The van der Waals surface area contributed by atoms with Gasteiger partial charge in [-0.25, -0.2) is 0 Å². The summed E-state index contributed by atoms with van der Waals surface area (Å²) in [7, 11) is 0. The van der Waals surface area contributed by atoms with Crippen LogP contribution in [0.25, 0.3) is 0 Å². The zero-order chi connectivity index (χ0) is 24.6. The molecule has 3 N–H and O–H groups in total.